The molecule has 0 N–H and O–H groups in total. The first-order chi connectivity index (χ1) is 13.5. The number of hydrogen-bond acceptors (Lipinski definition) is 6. The van der Waals surface area contributed by atoms with E-state index in [1.54, 1.807) is 4.52 Å². The van der Waals surface area contributed by atoms with E-state index in [0.717, 1.165) is 37.6 Å². The SMILES string of the molecule is Cc1cc(C)n2nc(SC(C)C(=O)N3CCN(c4ccccc4)CC3)nc2n1. The standard InChI is InChI=1S/C20H24N6OS/c1-14-13-15(2)26-19(21-14)22-20(23-26)28-16(3)18(27)25-11-9-24(10-12-25)17-7-5-4-6-8-17/h4-8,13,16H,9-12H2,1-3H3. The summed E-state index contributed by atoms with van der Waals surface area (Å²) in [5, 5.41) is 4.85. The van der Waals surface area contributed by atoms with Crippen molar-refractivity contribution in [1.82, 2.24) is 24.5 Å². The molecule has 7 nitrogen and oxygen atoms in total. The maximum atomic E-state index is 12.9. The lowest BCUT2D eigenvalue weighted by Crippen LogP contribution is -2.50. The van der Waals surface area contributed by atoms with Crippen molar-refractivity contribution in [3.8, 4) is 0 Å². The maximum Gasteiger partial charge on any atom is 0.253 e. The second kappa shape index (κ2) is 7.79. The van der Waals surface area contributed by atoms with Crippen LogP contribution in [0.2, 0.25) is 0 Å². The molecule has 0 aliphatic carbocycles. The van der Waals surface area contributed by atoms with Gasteiger partial charge in [-0.2, -0.15) is 4.98 Å². The van der Waals surface area contributed by atoms with Crippen LogP contribution in [0.3, 0.4) is 0 Å². The van der Waals surface area contributed by atoms with Crippen molar-refractivity contribution in [2.45, 2.75) is 31.2 Å². The first-order valence-corrected chi connectivity index (χ1v) is 10.4. The van der Waals surface area contributed by atoms with Crippen LogP contribution in [0, 0.1) is 13.8 Å². The highest BCUT2D eigenvalue weighted by Crippen LogP contribution is 2.23. The van der Waals surface area contributed by atoms with Crippen LogP contribution in [0.4, 0.5) is 5.69 Å². The smallest absolute Gasteiger partial charge is 0.253 e. The molecule has 1 atom stereocenters. The van der Waals surface area contributed by atoms with Crippen LogP contribution in [0.1, 0.15) is 18.3 Å². The molecule has 28 heavy (non-hydrogen) atoms. The lowest BCUT2D eigenvalue weighted by molar-refractivity contribution is -0.130. The lowest BCUT2D eigenvalue weighted by Gasteiger charge is -2.37. The number of anilines is 1. The van der Waals surface area contributed by atoms with Crippen molar-refractivity contribution in [3.63, 3.8) is 0 Å². The van der Waals surface area contributed by atoms with Crippen molar-refractivity contribution in [1.29, 1.82) is 0 Å². The van der Waals surface area contributed by atoms with Gasteiger partial charge in [0.05, 0.1) is 5.25 Å². The van der Waals surface area contributed by atoms with Gasteiger partial charge in [-0.15, -0.1) is 5.10 Å². The number of aromatic nitrogens is 4. The molecule has 8 heteroatoms. The summed E-state index contributed by atoms with van der Waals surface area (Å²) < 4.78 is 1.73. The summed E-state index contributed by atoms with van der Waals surface area (Å²) in [6.45, 7) is 9.01. The second-order valence-electron chi connectivity index (χ2n) is 7.05. The van der Waals surface area contributed by atoms with Gasteiger partial charge in [-0.3, -0.25) is 4.79 Å². The fourth-order valence-corrected chi connectivity index (χ4v) is 4.32. The molecule has 1 aromatic carbocycles. The summed E-state index contributed by atoms with van der Waals surface area (Å²) in [7, 11) is 0. The summed E-state index contributed by atoms with van der Waals surface area (Å²) >= 11 is 1.39. The third-order valence-corrected chi connectivity index (χ3v) is 5.88. The number of carbonyl (C=O) groups excluding carboxylic acids is 1. The molecule has 146 valence electrons. The van der Waals surface area contributed by atoms with E-state index in [-0.39, 0.29) is 11.2 Å². The van der Waals surface area contributed by atoms with Gasteiger partial charge in [0, 0.05) is 43.3 Å². The first kappa shape index (κ1) is 18.7. The normalized spacial score (nSPS) is 15.8. The minimum Gasteiger partial charge on any atom is -0.368 e. The fourth-order valence-electron chi connectivity index (χ4n) is 3.49. The molecule has 1 saturated heterocycles. The Balaban J connectivity index is 1.38. The van der Waals surface area contributed by atoms with Crippen LogP contribution in [-0.4, -0.2) is 61.8 Å². The van der Waals surface area contributed by atoms with Gasteiger partial charge in [0.25, 0.3) is 5.78 Å². The minimum atomic E-state index is -0.234. The maximum absolute atomic E-state index is 12.9. The molecular formula is C20H24N6OS. The molecule has 1 fully saturated rings. The Hall–Kier alpha value is -2.61. The van der Waals surface area contributed by atoms with Crippen molar-refractivity contribution >= 4 is 29.1 Å². The highest BCUT2D eigenvalue weighted by molar-refractivity contribution is 8.00. The number of hydrogen-bond donors (Lipinski definition) is 0. The van der Waals surface area contributed by atoms with E-state index < -0.39 is 0 Å². The molecule has 3 heterocycles. The molecule has 0 saturated carbocycles. The van der Waals surface area contributed by atoms with E-state index in [9.17, 15) is 4.79 Å². The van der Waals surface area contributed by atoms with E-state index in [2.05, 4.69) is 32.1 Å². The lowest BCUT2D eigenvalue weighted by atomic mass is 10.2. The monoisotopic (exact) mass is 396 g/mol. The molecule has 1 unspecified atom stereocenters. The molecule has 1 aliphatic rings. The van der Waals surface area contributed by atoms with Gasteiger partial charge >= 0.3 is 0 Å². The number of fused-ring (bicyclic) bond motifs is 1. The summed E-state index contributed by atoms with van der Waals surface area (Å²) in [5.41, 5.74) is 3.11. The number of nitrogens with zero attached hydrogens (tertiary/aromatic N) is 6. The summed E-state index contributed by atoms with van der Waals surface area (Å²) in [5.74, 6) is 0.716. The van der Waals surface area contributed by atoms with Gasteiger partial charge in [0.2, 0.25) is 11.1 Å². The van der Waals surface area contributed by atoms with E-state index >= 15 is 0 Å². The van der Waals surface area contributed by atoms with Gasteiger partial charge < -0.3 is 9.80 Å². The number of piperazine rings is 1. The van der Waals surface area contributed by atoms with Crippen LogP contribution in [0.25, 0.3) is 5.78 Å². The molecule has 0 spiro atoms. The largest absolute Gasteiger partial charge is 0.368 e. The van der Waals surface area contributed by atoms with Gasteiger partial charge in [-0.05, 0) is 39.0 Å². The zero-order valence-corrected chi connectivity index (χ0v) is 17.2. The number of rotatable bonds is 4. The Labute approximate surface area is 168 Å². The van der Waals surface area contributed by atoms with E-state index in [1.807, 2.05) is 49.9 Å². The van der Waals surface area contributed by atoms with E-state index in [0.29, 0.717) is 10.9 Å². The Morgan fingerprint density at radius 1 is 1.07 bits per heavy atom. The number of benzene rings is 1. The number of thioether (sulfide) groups is 1. The van der Waals surface area contributed by atoms with E-state index in [1.165, 1.54) is 17.4 Å². The first-order valence-electron chi connectivity index (χ1n) is 9.48. The third kappa shape index (κ3) is 3.82. The zero-order valence-electron chi connectivity index (χ0n) is 16.4. The predicted molar refractivity (Wildman–Crippen MR) is 111 cm³/mol. The van der Waals surface area contributed by atoms with Gasteiger partial charge in [-0.25, -0.2) is 9.50 Å². The van der Waals surface area contributed by atoms with Crippen LogP contribution in [-0.2, 0) is 4.79 Å². The molecular weight excluding hydrogens is 372 g/mol. The summed E-state index contributed by atoms with van der Waals surface area (Å²) in [6.07, 6.45) is 0. The zero-order chi connectivity index (χ0) is 19.7. The highest BCUT2D eigenvalue weighted by atomic mass is 32.2. The highest BCUT2D eigenvalue weighted by Gasteiger charge is 2.26. The second-order valence-corrected chi connectivity index (χ2v) is 8.36. The van der Waals surface area contributed by atoms with Crippen molar-refractivity contribution in [2.24, 2.45) is 0 Å². The molecule has 1 aliphatic heterocycles. The summed E-state index contributed by atoms with van der Waals surface area (Å²) in [4.78, 5) is 26.0. The van der Waals surface area contributed by atoms with E-state index in [4.69, 9.17) is 0 Å². The molecule has 1 amide bonds. The van der Waals surface area contributed by atoms with Crippen LogP contribution in [0.15, 0.2) is 41.6 Å². The van der Waals surface area contributed by atoms with Gasteiger partial charge in [0.15, 0.2) is 0 Å². The van der Waals surface area contributed by atoms with Gasteiger partial charge in [0.1, 0.15) is 0 Å². The van der Waals surface area contributed by atoms with Crippen molar-refractivity contribution in [3.05, 3.63) is 47.8 Å². The predicted octanol–water partition coefficient (Wildman–Crippen LogP) is 2.57. The van der Waals surface area contributed by atoms with Crippen LogP contribution >= 0.6 is 11.8 Å². The number of carbonyl (C=O) groups is 1. The molecule has 3 aromatic rings. The topological polar surface area (TPSA) is 66.6 Å². The minimum absolute atomic E-state index is 0.137. The number of para-hydroxylation sites is 1. The van der Waals surface area contributed by atoms with Gasteiger partial charge in [-0.1, -0.05) is 30.0 Å². The quantitative estimate of drug-likeness (QED) is 0.632. The van der Waals surface area contributed by atoms with Crippen molar-refractivity contribution in [2.75, 3.05) is 31.1 Å². The Morgan fingerprint density at radius 2 is 1.79 bits per heavy atom. The molecule has 2 aromatic heterocycles. The van der Waals surface area contributed by atoms with Crippen LogP contribution < -0.4 is 4.90 Å². The van der Waals surface area contributed by atoms with Crippen molar-refractivity contribution < 1.29 is 4.79 Å². The fraction of sp³-hybridized carbons (Fsp3) is 0.400. The Morgan fingerprint density at radius 3 is 2.50 bits per heavy atom. The molecule has 0 radical (unpaired) electrons. The Kier molecular flexibility index (Phi) is 5.21. The summed E-state index contributed by atoms with van der Waals surface area (Å²) in [6, 6.07) is 12.3. The number of aryl methyl sites for hydroxylation is 2. The Bertz CT molecular complexity index is 981. The number of amides is 1. The average Bonchev–Trinajstić information content (AvgIpc) is 3.11. The average molecular weight is 397 g/mol. The molecule has 4 rings (SSSR count). The molecule has 0 bridgehead atoms. The van der Waals surface area contributed by atoms with Crippen LogP contribution in [0.5, 0.6) is 0 Å². The third-order valence-electron chi connectivity index (χ3n) is 4.94.